The first-order valence-electron chi connectivity index (χ1n) is 16.0. The van der Waals surface area contributed by atoms with Gasteiger partial charge in [-0.2, -0.15) is 5.26 Å². The normalized spacial score (nSPS) is 18.0. The minimum atomic E-state index is -0.00332. The lowest BCUT2D eigenvalue weighted by Gasteiger charge is -2.42. The first kappa shape index (κ1) is 30.1. The van der Waals surface area contributed by atoms with Crippen molar-refractivity contribution < 1.29 is 13.9 Å². The second-order valence-electron chi connectivity index (χ2n) is 12.8. The van der Waals surface area contributed by atoms with Gasteiger partial charge >= 0.3 is 0 Å². The molecule has 6 nitrogen and oxygen atoms in total. The van der Waals surface area contributed by atoms with Crippen molar-refractivity contribution in [3.63, 3.8) is 0 Å². The number of nitriles is 1. The molecule has 2 aliphatic carbocycles. The lowest BCUT2D eigenvalue weighted by Crippen LogP contribution is -2.31. The fraction of sp³-hybridized carbons (Fsp3) is 0.220. The van der Waals surface area contributed by atoms with Gasteiger partial charge in [-0.05, 0) is 126 Å². The standard InChI is InChI=1S/C41H37N3O3/c1-41(2)25-30(36(26-42)40-43-38-7-5-6-8-39(38)47-40)24-29-23-28(11-22-37(29)41)27-9-12-31(13-10-27)44(32-14-18-34(45-3)19-15-32)33-16-20-35(46-4)21-17-33/h5-10,12-21,23-24,37H,11,22,25H2,1-4H3/b36-30-. The number of para-hydroxylation sites is 2. The number of aromatic nitrogens is 1. The number of allylic oxidation sites excluding steroid dienone is 6. The summed E-state index contributed by atoms with van der Waals surface area (Å²) in [6.45, 7) is 4.62. The van der Waals surface area contributed by atoms with Crippen LogP contribution in [-0.2, 0) is 0 Å². The molecule has 1 unspecified atom stereocenters. The topological polar surface area (TPSA) is 71.5 Å². The van der Waals surface area contributed by atoms with E-state index in [1.54, 1.807) is 14.2 Å². The molecule has 6 heteroatoms. The van der Waals surface area contributed by atoms with Crippen LogP contribution in [0.5, 0.6) is 11.5 Å². The maximum Gasteiger partial charge on any atom is 0.238 e. The van der Waals surface area contributed by atoms with Crippen LogP contribution in [0, 0.1) is 22.7 Å². The van der Waals surface area contributed by atoms with Crippen LogP contribution in [-0.4, -0.2) is 19.2 Å². The van der Waals surface area contributed by atoms with Gasteiger partial charge in [0.05, 0.1) is 14.2 Å². The van der Waals surface area contributed by atoms with E-state index in [1.807, 2.05) is 48.5 Å². The molecule has 0 saturated heterocycles. The van der Waals surface area contributed by atoms with Crippen LogP contribution in [0.2, 0.25) is 0 Å². The van der Waals surface area contributed by atoms with Crippen molar-refractivity contribution in [2.45, 2.75) is 33.1 Å². The molecule has 4 aromatic carbocycles. The SMILES string of the molecule is COc1ccc(N(c2ccc(OC)cc2)c2ccc(C3=CC4=C/C(=C(\C#N)c5nc6ccccc6o5)CC(C)(C)C4CC3)cc2)cc1. The summed E-state index contributed by atoms with van der Waals surface area (Å²) in [6.07, 6.45) is 7.42. The molecule has 47 heavy (non-hydrogen) atoms. The molecule has 2 aliphatic rings. The van der Waals surface area contributed by atoms with Gasteiger partial charge < -0.3 is 18.8 Å². The van der Waals surface area contributed by atoms with Crippen molar-refractivity contribution in [3.8, 4) is 17.6 Å². The smallest absolute Gasteiger partial charge is 0.238 e. The number of hydrogen-bond acceptors (Lipinski definition) is 6. The molecule has 0 bridgehead atoms. The average molecular weight is 620 g/mol. The Balaban J connectivity index is 1.24. The van der Waals surface area contributed by atoms with Crippen molar-refractivity contribution in [1.29, 1.82) is 5.26 Å². The third kappa shape index (κ3) is 5.81. The summed E-state index contributed by atoms with van der Waals surface area (Å²) in [7, 11) is 3.36. The van der Waals surface area contributed by atoms with Crippen LogP contribution in [0.15, 0.2) is 125 Å². The van der Waals surface area contributed by atoms with Gasteiger partial charge in [-0.1, -0.05) is 50.3 Å². The molecule has 0 amide bonds. The summed E-state index contributed by atoms with van der Waals surface area (Å²) in [5.74, 6) is 2.44. The first-order chi connectivity index (χ1) is 22.9. The van der Waals surface area contributed by atoms with Crippen LogP contribution in [0.3, 0.4) is 0 Å². The number of nitrogens with zero attached hydrogens (tertiary/aromatic N) is 3. The minimum absolute atomic E-state index is 0.00332. The zero-order valence-corrected chi connectivity index (χ0v) is 27.2. The second kappa shape index (κ2) is 12.3. The monoisotopic (exact) mass is 619 g/mol. The van der Waals surface area contributed by atoms with E-state index in [9.17, 15) is 5.26 Å². The third-order valence-corrected chi connectivity index (χ3v) is 9.47. The minimum Gasteiger partial charge on any atom is -0.497 e. The number of methoxy groups -OCH3 is 2. The molecule has 1 aromatic heterocycles. The van der Waals surface area contributed by atoms with Crippen molar-refractivity contribution in [1.82, 2.24) is 4.98 Å². The molecule has 0 spiro atoms. The molecule has 0 saturated carbocycles. The predicted molar refractivity (Wildman–Crippen MR) is 188 cm³/mol. The number of oxazole rings is 1. The summed E-state index contributed by atoms with van der Waals surface area (Å²) >= 11 is 0. The number of fused-ring (bicyclic) bond motifs is 2. The van der Waals surface area contributed by atoms with E-state index in [1.165, 1.54) is 16.7 Å². The lowest BCUT2D eigenvalue weighted by molar-refractivity contribution is 0.228. The Bertz CT molecular complexity index is 1980. The number of benzene rings is 4. The van der Waals surface area contributed by atoms with Crippen LogP contribution < -0.4 is 14.4 Å². The third-order valence-electron chi connectivity index (χ3n) is 9.47. The van der Waals surface area contributed by atoms with E-state index in [2.05, 4.69) is 90.5 Å². The molecule has 0 aliphatic heterocycles. The van der Waals surface area contributed by atoms with Gasteiger partial charge in [0.25, 0.3) is 0 Å². The van der Waals surface area contributed by atoms with E-state index < -0.39 is 0 Å². The van der Waals surface area contributed by atoms with Gasteiger partial charge in [-0.25, -0.2) is 4.98 Å². The molecule has 234 valence electrons. The van der Waals surface area contributed by atoms with Crippen LogP contribution in [0.4, 0.5) is 17.1 Å². The fourth-order valence-corrected chi connectivity index (χ4v) is 7.05. The quantitative estimate of drug-likeness (QED) is 0.169. The van der Waals surface area contributed by atoms with Crippen molar-refractivity contribution in [2.24, 2.45) is 11.3 Å². The highest BCUT2D eigenvalue weighted by Gasteiger charge is 2.38. The highest BCUT2D eigenvalue weighted by Crippen LogP contribution is 2.51. The van der Waals surface area contributed by atoms with Crippen molar-refractivity contribution in [3.05, 3.63) is 132 Å². The molecular formula is C41H37N3O3. The van der Waals surface area contributed by atoms with Gasteiger partial charge in [0.1, 0.15) is 28.7 Å². The van der Waals surface area contributed by atoms with E-state index in [0.29, 0.717) is 23.0 Å². The Morgan fingerprint density at radius 1 is 0.830 bits per heavy atom. The summed E-state index contributed by atoms with van der Waals surface area (Å²) < 4.78 is 16.9. The first-order valence-corrected chi connectivity index (χ1v) is 16.0. The Kier molecular flexibility index (Phi) is 7.91. The van der Waals surface area contributed by atoms with E-state index >= 15 is 0 Å². The lowest BCUT2D eigenvalue weighted by atomic mass is 9.62. The van der Waals surface area contributed by atoms with Crippen LogP contribution in [0.25, 0.3) is 22.2 Å². The van der Waals surface area contributed by atoms with Gasteiger partial charge in [0, 0.05) is 17.1 Å². The summed E-state index contributed by atoms with van der Waals surface area (Å²) in [4.78, 5) is 6.88. The van der Waals surface area contributed by atoms with Gasteiger partial charge in [0.15, 0.2) is 5.58 Å². The molecule has 5 aromatic rings. The van der Waals surface area contributed by atoms with Crippen LogP contribution in [0.1, 0.15) is 44.6 Å². The maximum atomic E-state index is 10.3. The van der Waals surface area contributed by atoms with Crippen molar-refractivity contribution >= 4 is 39.3 Å². The molecule has 0 fully saturated rings. The van der Waals surface area contributed by atoms with Crippen LogP contribution >= 0.6 is 0 Å². The van der Waals surface area contributed by atoms with Gasteiger partial charge in [0.2, 0.25) is 5.89 Å². The summed E-state index contributed by atoms with van der Waals surface area (Å²) in [5, 5.41) is 10.3. The number of ether oxygens (including phenoxy) is 2. The average Bonchev–Trinajstić information content (AvgIpc) is 3.53. The molecule has 1 heterocycles. The molecular weight excluding hydrogens is 582 g/mol. The van der Waals surface area contributed by atoms with Crippen molar-refractivity contribution in [2.75, 3.05) is 19.1 Å². The van der Waals surface area contributed by atoms with Gasteiger partial charge in [-0.3, -0.25) is 0 Å². The van der Waals surface area contributed by atoms with E-state index in [0.717, 1.165) is 58.9 Å². The summed E-state index contributed by atoms with van der Waals surface area (Å²) in [5.41, 5.74) is 9.84. The second-order valence-corrected chi connectivity index (χ2v) is 12.8. The summed E-state index contributed by atoms with van der Waals surface area (Å²) in [6, 6.07) is 35.1. The highest BCUT2D eigenvalue weighted by molar-refractivity contribution is 5.83. The largest absolute Gasteiger partial charge is 0.497 e. The zero-order valence-electron chi connectivity index (χ0n) is 27.2. The number of hydrogen-bond donors (Lipinski definition) is 0. The van der Waals surface area contributed by atoms with Gasteiger partial charge in [-0.15, -0.1) is 0 Å². The Labute approximate surface area is 275 Å². The fourth-order valence-electron chi connectivity index (χ4n) is 7.05. The number of anilines is 3. The molecule has 1 atom stereocenters. The molecule has 0 radical (unpaired) electrons. The maximum absolute atomic E-state index is 10.3. The molecule has 0 N–H and O–H groups in total. The highest BCUT2D eigenvalue weighted by atomic mass is 16.5. The predicted octanol–water partition coefficient (Wildman–Crippen LogP) is 10.4. The molecule has 7 rings (SSSR count). The number of rotatable bonds is 7. The van der Waals surface area contributed by atoms with E-state index in [4.69, 9.17) is 13.9 Å². The Morgan fingerprint density at radius 3 is 2.00 bits per heavy atom. The Hall–Kier alpha value is -5.54. The zero-order chi connectivity index (χ0) is 32.5. The Morgan fingerprint density at radius 2 is 1.43 bits per heavy atom. The van der Waals surface area contributed by atoms with E-state index in [-0.39, 0.29) is 5.41 Å².